The number of aryl methyl sites for hydroxylation is 1. The Labute approximate surface area is 154 Å². The second-order valence-electron chi connectivity index (χ2n) is 5.14. The van der Waals surface area contributed by atoms with Crippen molar-refractivity contribution in [3.63, 3.8) is 0 Å². The van der Waals surface area contributed by atoms with Crippen molar-refractivity contribution in [2.75, 3.05) is 6.26 Å². The lowest BCUT2D eigenvalue weighted by Gasteiger charge is -2.08. The van der Waals surface area contributed by atoms with Gasteiger partial charge in [0.2, 0.25) is 5.88 Å². The molecule has 9 heteroatoms. The molecule has 1 aromatic carbocycles. The minimum atomic E-state index is -0.422. The second-order valence-corrected chi connectivity index (χ2v) is 7.60. The molecule has 0 fully saturated rings. The third-order valence-electron chi connectivity index (χ3n) is 3.52. The maximum Gasteiger partial charge on any atom is 0.336 e. The van der Waals surface area contributed by atoms with Gasteiger partial charge in [-0.05, 0) is 24.8 Å². The van der Waals surface area contributed by atoms with Crippen LogP contribution in [0.2, 0.25) is 5.02 Å². The van der Waals surface area contributed by atoms with Gasteiger partial charge in [0.15, 0.2) is 15.7 Å². The summed E-state index contributed by atoms with van der Waals surface area (Å²) in [6.45, 7) is 1.82. The maximum atomic E-state index is 11.6. The predicted molar refractivity (Wildman–Crippen MR) is 99.3 cm³/mol. The Hall–Kier alpha value is -2.16. The molecule has 3 aromatic heterocycles. The van der Waals surface area contributed by atoms with Gasteiger partial charge >= 0.3 is 5.63 Å². The number of benzene rings is 1. The molecule has 0 amide bonds. The molecule has 0 N–H and O–H groups in total. The van der Waals surface area contributed by atoms with Gasteiger partial charge in [-0.25, -0.2) is 19.7 Å². The molecular weight excluding hydrogens is 382 g/mol. The quantitative estimate of drug-likeness (QED) is 0.371. The van der Waals surface area contributed by atoms with Crippen LogP contribution in [0.25, 0.3) is 21.3 Å². The monoisotopic (exact) mass is 391 g/mol. The van der Waals surface area contributed by atoms with Crippen molar-refractivity contribution in [3.8, 4) is 11.6 Å². The van der Waals surface area contributed by atoms with Crippen LogP contribution < -0.4 is 10.4 Å². The van der Waals surface area contributed by atoms with E-state index in [1.807, 2.05) is 13.2 Å². The summed E-state index contributed by atoms with van der Waals surface area (Å²) in [5.74, 6) is 0.709. The number of aromatic nitrogens is 3. The molecule has 0 aliphatic rings. The van der Waals surface area contributed by atoms with E-state index in [1.165, 1.54) is 35.5 Å². The minimum Gasteiger partial charge on any atom is -0.436 e. The molecule has 0 aliphatic carbocycles. The van der Waals surface area contributed by atoms with Crippen LogP contribution in [0.4, 0.5) is 0 Å². The Morgan fingerprint density at radius 1 is 1.28 bits per heavy atom. The van der Waals surface area contributed by atoms with Crippen LogP contribution in [0.1, 0.15) is 5.56 Å². The van der Waals surface area contributed by atoms with Gasteiger partial charge in [-0.2, -0.15) is 0 Å². The fraction of sp³-hybridized carbons (Fsp3) is 0.125. The number of thiazole rings is 1. The van der Waals surface area contributed by atoms with Crippen LogP contribution in [0.5, 0.6) is 11.6 Å². The van der Waals surface area contributed by atoms with Gasteiger partial charge in [-0.1, -0.05) is 23.4 Å². The third kappa shape index (κ3) is 2.97. The standard InChI is InChI=1S/C16H10ClN3O3S2/c1-7-3-12(21)22-10-5-11(9(17)4-8(7)10)23-15-13-14(18-6-19-15)20-16(24-2)25-13/h3-6H,1-2H3. The van der Waals surface area contributed by atoms with Gasteiger partial charge in [0, 0.05) is 17.5 Å². The normalized spacial score (nSPS) is 11.3. The molecule has 0 saturated heterocycles. The van der Waals surface area contributed by atoms with Crippen LogP contribution >= 0.6 is 34.7 Å². The fourth-order valence-corrected chi connectivity index (χ4v) is 4.02. The SMILES string of the molecule is CSc1nc2ncnc(Oc3cc4oc(=O)cc(C)c4cc3Cl)c2s1. The highest BCUT2D eigenvalue weighted by Gasteiger charge is 2.15. The van der Waals surface area contributed by atoms with Gasteiger partial charge in [0.05, 0.1) is 5.02 Å². The van der Waals surface area contributed by atoms with Crippen molar-refractivity contribution in [1.82, 2.24) is 15.0 Å². The van der Waals surface area contributed by atoms with Crippen molar-refractivity contribution in [2.45, 2.75) is 11.3 Å². The largest absolute Gasteiger partial charge is 0.436 e. The number of ether oxygens (including phenoxy) is 1. The molecule has 0 saturated carbocycles. The van der Waals surface area contributed by atoms with E-state index >= 15 is 0 Å². The van der Waals surface area contributed by atoms with Crippen molar-refractivity contribution < 1.29 is 9.15 Å². The molecule has 0 aliphatic heterocycles. The summed E-state index contributed by atoms with van der Waals surface area (Å²) in [6, 6.07) is 4.73. The molecule has 0 unspecified atom stereocenters. The first kappa shape index (κ1) is 16.3. The molecule has 0 bridgehead atoms. The second kappa shape index (κ2) is 6.29. The Balaban J connectivity index is 1.84. The minimum absolute atomic E-state index is 0.349. The number of rotatable bonds is 3. The number of thioether (sulfide) groups is 1. The van der Waals surface area contributed by atoms with Crippen LogP contribution in [0, 0.1) is 6.92 Å². The van der Waals surface area contributed by atoms with Crippen molar-refractivity contribution in [1.29, 1.82) is 0 Å². The number of hydrogen-bond acceptors (Lipinski definition) is 8. The zero-order valence-electron chi connectivity index (χ0n) is 13.1. The summed E-state index contributed by atoms with van der Waals surface area (Å²) in [7, 11) is 0. The third-order valence-corrected chi connectivity index (χ3v) is 5.84. The van der Waals surface area contributed by atoms with Crippen LogP contribution in [-0.2, 0) is 0 Å². The molecular formula is C16H10ClN3O3S2. The number of fused-ring (bicyclic) bond motifs is 2. The van der Waals surface area contributed by atoms with E-state index in [0.717, 1.165) is 20.0 Å². The fourth-order valence-electron chi connectivity index (χ4n) is 2.38. The first-order valence-corrected chi connectivity index (χ1v) is 9.54. The zero-order valence-corrected chi connectivity index (χ0v) is 15.5. The van der Waals surface area contributed by atoms with Gasteiger partial charge in [-0.3, -0.25) is 0 Å². The molecule has 25 heavy (non-hydrogen) atoms. The lowest BCUT2D eigenvalue weighted by molar-refractivity contribution is 0.467. The summed E-state index contributed by atoms with van der Waals surface area (Å²) < 4.78 is 12.7. The maximum absolute atomic E-state index is 11.6. The van der Waals surface area contributed by atoms with E-state index in [1.54, 1.807) is 12.1 Å². The average Bonchev–Trinajstić information content (AvgIpc) is 3.01. The Bertz CT molecular complexity index is 1170. The van der Waals surface area contributed by atoms with E-state index in [-0.39, 0.29) is 0 Å². The average molecular weight is 392 g/mol. The predicted octanol–water partition coefficient (Wildman–Crippen LogP) is 4.67. The molecule has 4 rings (SSSR count). The van der Waals surface area contributed by atoms with Gasteiger partial charge < -0.3 is 9.15 Å². The molecule has 126 valence electrons. The number of hydrogen-bond donors (Lipinski definition) is 0. The first-order valence-electron chi connectivity index (χ1n) is 7.12. The lowest BCUT2D eigenvalue weighted by atomic mass is 10.1. The van der Waals surface area contributed by atoms with Gasteiger partial charge in [-0.15, -0.1) is 11.3 Å². The summed E-state index contributed by atoms with van der Waals surface area (Å²) >= 11 is 9.31. The van der Waals surface area contributed by atoms with Crippen LogP contribution in [0.3, 0.4) is 0 Å². The van der Waals surface area contributed by atoms with Gasteiger partial charge in [0.25, 0.3) is 0 Å². The number of halogens is 1. The molecule has 0 spiro atoms. The first-order chi connectivity index (χ1) is 12.0. The number of nitrogens with zero attached hydrogens (tertiary/aromatic N) is 3. The lowest BCUT2D eigenvalue weighted by Crippen LogP contribution is -1.98. The van der Waals surface area contributed by atoms with E-state index in [4.69, 9.17) is 20.8 Å². The highest BCUT2D eigenvalue weighted by molar-refractivity contribution is 8.00. The van der Waals surface area contributed by atoms with E-state index in [2.05, 4.69) is 15.0 Å². The Kier molecular flexibility index (Phi) is 4.10. The van der Waals surface area contributed by atoms with Crippen molar-refractivity contribution in [3.05, 3.63) is 45.5 Å². The van der Waals surface area contributed by atoms with E-state index in [9.17, 15) is 4.79 Å². The molecule has 3 heterocycles. The Morgan fingerprint density at radius 3 is 2.92 bits per heavy atom. The highest BCUT2D eigenvalue weighted by atomic mass is 35.5. The summed E-state index contributed by atoms with van der Waals surface area (Å²) in [4.78, 5) is 24.3. The van der Waals surface area contributed by atoms with Crippen molar-refractivity contribution >= 4 is 56.0 Å². The van der Waals surface area contributed by atoms with Crippen molar-refractivity contribution in [2.24, 2.45) is 0 Å². The Morgan fingerprint density at radius 2 is 2.12 bits per heavy atom. The summed E-state index contributed by atoms with van der Waals surface area (Å²) in [5, 5.41) is 1.15. The molecule has 0 radical (unpaired) electrons. The highest BCUT2D eigenvalue weighted by Crippen LogP contribution is 2.38. The topological polar surface area (TPSA) is 78.1 Å². The van der Waals surface area contributed by atoms with Gasteiger partial charge in [0.1, 0.15) is 16.6 Å². The molecule has 4 aromatic rings. The smallest absolute Gasteiger partial charge is 0.336 e. The van der Waals surface area contributed by atoms with Crippen LogP contribution in [0.15, 0.2) is 38.1 Å². The van der Waals surface area contributed by atoms with E-state index < -0.39 is 5.63 Å². The van der Waals surface area contributed by atoms with Crippen LogP contribution in [-0.4, -0.2) is 21.2 Å². The summed E-state index contributed by atoms with van der Waals surface area (Å²) in [6.07, 6.45) is 3.33. The molecule has 6 nitrogen and oxygen atoms in total. The van der Waals surface area contributed by atoms with E-state index in [0.29, 0.717) is 27.9 Å². The molecule has 0 atom stereocenters. The summed E-state index contributed by atoms with van der Waals surface area (Å²) in [5.41, 5.74) is 1.34. The zero-order chi connectivity index (χ0) is 17.6.